The molecule has 0 radical (unpaired) electrons. The summed E-state index contributed by atoms with van der Waals surface area (Å²) in [5.41, 5.74) is 3.97. The highest BCUT2D eigenvalue weighted by molar-refractivity contribution is 7.17. The Balaban J connectivity index is 1.89. The van der Waals surface area contributed by atoms with E-state index in [1.165, 1.54) is 26.8 Å². The third-order valence-corrected chi connectivity index (χ3v) is 4.42. The van der Waals surface area contributed by atoms with E-state index < -0.39 is 0 Å². The number of rotatable bonds is 4. The van der Waals surface area contributed by atoms with E-state index in [9.17, 15) is 0 Å². The number of fused-ring (bicyclic) bond motifs is 1. The molecule has 1 nitrogen and oxygen atoms in total. The van der Waals surface area contributed by atoms with Gasteiger partial charge in [0.2, 0.25) is 0 Å². The van der Waals surface area contributed by atoms with Crippen LogP contribution in [0.15, 0.2) is 53.9 Å². The van der Waals surface area contributed by atoms with Crippen molar-refractivity contribution in [3.8, 4) is 11.1 Å². The summed E-state index contributed by atoms with van der Waals surface area (Å²) in [4.78, 5) is 0. The highest BCUT2D eigenvalue weighted by Gasteiger charge is 2.04. The molecule has 0 bridgehead atoms. The molecule has 0 saturated carbocycles. The Morgan fingerprint density at radius 2 is 1.80 bits per heavy atom. The van der Waals surface area contributed by atoms with E-state index in [4.69, 9.17) is 0 Å². The fourth-order valence-electron chi connectivity index (χ4n) is 2.34. The standard InChI is InChI=1S/C18H19NS/c1-13(2)19-12-14-6-8-15(9-7-14)17-5-3-4-16-10-11-20-18(16)17/h3-11,13,19H,12H2,1-2H3. The summed E-state index contributed by atoms with van der Waals surface area (Å²) < 4.78 is 1.38. The largest absolute Gasteiger partial charge is 0.310 e. The minimum absolute atomic E-state index is 0.523. The lowest BCUT2D eigenvalue weighted by Crippen LogP contribution is -2.21. The molecule has 0 fully saturated rings. The second-order valence-corrected chi connectivity index (χ2v) is 6.29. The first kappa shape index (κ1) is 13.3. The predicted molar refractivity (Wildman–Crippen MR) is 89.2 cm³/mol. The second-order valence-electron chi connectivity index (χ2n) is 5.38. The zero-order chi connectivity index (χ0) is 13.9. The van der Waals surface area contributed by atoms with Gasteiger partial charge in [0, 0.05) is 17.3 Å². The fraction of sp³-hybridized carbons (Fsp3) is 0.222. The van der Waals surface area contributed by atoms with Gasteiger partial charge in [-0.1, -0.05) is 56.3 Å². The van der Waals surface area contributed by atoms with Crippen molar-refractivity contribution in [1.82, 2.24) is 5.32 Å². The molecule has 3 rings (SSSR count). The van der Waals surface area contributed by atoms with E-state index in [0.29, 0.717) is 6.04 Å². The van der Waals surface area contributed by atoms with E-state index in [-0.39, 0.29) is 0 Å². The highest BCUT2D eigenvalue weighted by Crippen LogP contribution is 2.32. The lowest BCUT2D eigenvalue weighted by molar-refractivity contribution is 0.589. The average Bonchev–Trinajstić information content (AvgIpc) is 2.94. The normalized spacial score (nSPS) is 11.3. The predicted octanol–water partition coefficient (Wildman–Crippen LogP) is 5.07. The molecule has 1 heterocycles. The summed E-state index contributed by atoms with van der Waals surface area (Å²) in [6.45, 7) is 5.28. The van der Waals surface area contributed by atoms with Crippen LogP contribution < -0.4 is 5.32 Å². The number of thiophene rings is 1. The van der Waals surface area contributed by atoms with Crippen LogP contribution in [0.5, 0.6) is 0 Å². The van der Waals surface area contributed by atoms with E-state index in [0.717, 1.165) is 6.54 Å². The molecular formula is C18H19NS. The molecule has 2 aromatic carbocycles. The first-order chi connectivity index (χ1) is 9.74. The highest BCUT2D eigenvalue weighted by atomic mass is 32.1. The Kier molecular flexibility index (Phi) is 3.86. The maximum absolute atomic E-state index is 3.45. The van der Waals surface area contributed by atoms with Crippen molar-refractivity contribution in [3.63, 3.8) is 0 Å². The molecule has 0 aliphatic rings. The number of hydrogen-bond donors (Lipinski definition) is 1. The average molecular weight is 281 g/mol. The quantitative estimate of drug-likeness (QED) is 0.704. The van der Waals surface area contributed by atoms with Gasteiger partial charge in [-0.25, -0.2) is 0 Å². The molecule has 0 aliphatic carbocycles. The van der Waals surface area contributed by atoms with E-state index in [1.54, 1.807) is 0 Å². The van der Waals surface area contributed by atoms with Crippen LogP contribution in [0.25, 0.3) is 21.2 Å². The van der Waals surface area contributed by atoms with Gasteiger partial charge in [0.15, 0.2) is 0 Å². The summed E-state index contributed by atoms with van der Waals surface area (Å²) in [5, 5.41) is 6.94. The molecule has 20 heavy (non-hydrogen) atoms. The van der Waals surface area contributed by atoms with Crippen LogP contribution >= 0.6 is 11.3 Å². The summed E-state index contributed by atoms with van der Waals surface area (Å²) in [6, 6.07) is 18.1. The Morgan fingerprint density at radius 1 is 1.00 bits per heavy atom. The summed E-state index contributed by atoms with van der Waals surface area (Å²) in [5.74, 6) is 0. The van der Waals surface area contributed by atoms with E-state index >= 15 is 0 Å². The van der Waals surface area contributed by atoms with Crippen molar-refractivity contribution in [2.24, 2.45) is 0 Å². The van der Waals surface area contributed by atoms with Gasteiger partial charge in [-0.05, 0) is 33.5 Å². The molecule has 0 atom stereocenters. The van der Waals surface area contributed by atoms with Gasteiger partial charge in [0.25, 0.3) is 0 Å². The number of benzene rings is 2. The van der Waals surface area contributed by atoms with E-state index in [1.807, 2.05) is 11.3 Å². The smallest absolute Gasteiger partial charge is 0.0421 e. The molecule has 0 aliphatic heterocycles. The van der Waals surface area contributed by atoms with Crippen molar-refractivity contribution >= 4 is 21.4 Å². The molecule has 0 saturated heterocycles. The van der Waals surface area contributed by atoms with Crippen LogP contribution in [-0.2, 0) is 6.54 Å². The van der Waals surface area contributed by atoms with Gasteiger partial charge in [-0.15, -0.1) is 11.3 Å². The lowest BCUT2D eigenvalue weighted by Gasteiger charge is -2.09. The number of hydrogen-bond acceptors (Lipinski definition) is 2. The maximum atomic E-state index is 3.45. The molecule has 1 N–H and O–H groups in total. The maximum Gasteiger partial charge on any atom is 0.0421 e. The zero-order valence-electron chi connectivity index (χ0n) is 11.9. The Bertz CT molecular complexity index is 695. The van der Waals surface area contributed by atoms with Crippen molar-refractivity contribution in [2.75, 3.05) is 0 Å². The van der Waals surface area contributed by atoms with E-state index in [2.05, 4.69) is 73.1 Å². The van der Waals surface area contributed by atoms with Gasteiger partial charge in [-0.2, -0.15) is 0 Å². The van der Waals surface area contributed by atoms with Crippen LogP contribution in [-0.4, -0.2) is 6.04 Å². The number of nitrogens with one attached hydrogen (secondary N) is 1. The van der Waals surface area contributed by atoms with Crippen LogP contribution in [0, 0.1) is 0 Å². The third-order valence-electron chi connectivity index (χ3n) is 3.46. The topological polar surface area (TPSA) is 12.0 Å². The lowest BCUT2D eigenvalue weighted by atomic mass is 10.0. The molecule has 2 heteroatoms. The second kappa shape index (κ2) is 5.78. The van der Waals surface area contributed by atoms with Crippen LogP contribution in [0.3, 0.4) is 0 Å². The molecular weight excluding hydrogens is 262 g/mol. The van der Waals surface area contributed by atoms with Crippen LogP contribution in [0.2, 0.25) is 0 Å². The SMILES string of the molecule is CC(C)NCc1ccc(-c2cccc3ccsc23)cc1. The summed E-state index contributed by atoms with van der Waals surface area (Å²) in [7, 11) is 0. The van der Waals surface area contributed by atoms with Crippen molar-refractivity contribution in [3.05, 3.63) is 59.5 Å². The van der Waals surface area contributed by atoms with Crippen molar-refractivity contribution in [1.29, 1.82) is 0 Å². The molecule has 0 amide bonds. The summed E-state index contributed by atoms with van der Waals surface area (Å²) in [6.07, 6.45) is 0. The van der Waals surface area contributed by atoms with Gasteiger partial charge in [-0.3, -0.25) is 0 Å². The van der Waals surface area contributed by atoms with Gasteiger partial charge in [0.1, 0.15) is 0 Å². The van der Waals surface area contributed by atoms with Crippen LogP contribution in [0.4, 0.5) is 0 Å². The Morgan fingerprint density at radius 3 is 2.55 bits per heavy atom. The Hall–Kier alpha value is -1.64. The Labute approximate surface area is 124 Å². The van der Waals surface area contributed by atoms with Gasteiger partial charge in [0.05, 0.1) is 0 Å². The zero-order valence-corrected chi connectivity index (χ0v) is 12.7. The summed E-state index contributed by atoms with van der Waals surface area (Å²) >= 11 is 1.81. The monoisotopic (exact) mass is 281 g/mol. The van der Waals surface area contributed by atoms with Gasteiger partial charge >= 0.3 is 0 Å². The minimum Gasteiger partial charge on any atom is -0.310 e. The molecule has 0 unspecified atom stereocenters. The molecule has 1 aromatic heterocycles. The molecule has 102 valence electrons. The fourth-order valence-corrected chi connectivity index (χ4v) is 3.28. The first-order valence-electron chi connectivity index (χ1n) is 7.03. The molecule has 0 spiro atoms. The first-order valence-corrected chi connectivity index (χ1v) is 7.91. The van der Waals surface area contributed by atoms with Crippen LogP contribution in [0.1, 0.15) is 19.4 Å². The van der Waals surface area contributed by atoms with Gasteiger partial charge < -0.3 is 5.32 Å². The minimum atomic E-state index is 0.523. The third kappa shape index (κ3) is 2.77. The van der Waals surface area contributed by atoms with Crippen molar-refractivity contribution in [2.45, 2.75) is 26.4 Å². The van der Waals surface area contributed by atoms with Crippen molar-refractivity contribution < 1.29 is 0 Å². The molecule has 3 aromatic rings.